The van der Waals surface area contributed by atoms with E-state index in [2.05, 4.69) is 64.7 Å². The molecule has 12 heteroatoms. The number of carbonyl (C=O) groups is 3. The third kappa shape index (κ3) is 5.08. The predicted molar refractivity (Wildman–Crippen MR) is 224 cm³/mol. The first-order valence-electron chi connectivity index (χ1n) is 21.0. The van der Waals surface area contributed by atoms with Crippen LogP contribution in [0.5, 0.6) is 5.75 Å². The molecule has 1 saturated carbocycles. The fourth-order valence-electron chi connectivity index (χ4n) is 13.0. The molecule has 12 nitrogen and oxygen atoms in total. The minimum absolute atomic E-state index is 0.00873. The van der Waals surface area contributed by atoms with Gasteiger partial charge in [-0.05, 0) is 73.0 Å². The Kier molecular flexibility index (Phi) is 9.26. The highest BCUT2D eigenvalue weighted by Crippen LogP contribution is 2.68. The van der Waals surface area contributed by atoms with Gasteiger partial charge in [0.05, 0.1) is 27.4 Å². The summed E-state index contributed by atoms with van der Waals surface area (Å²) < 4.78 is 24.0. The van der Waals surface area contributed by atoms with Crippen molar-refractivity contribution in [3.05, 3.63) is 88.7 Å². The summed E-state index contributed by atoms with van der Waals surface area (Å²) in [6.07, 6.45) is 9.45. The number of H-pyrrole nitrogens is 1. The Hall–Kier alpha value is -4.91. The Bertz CT molecular complexity index is 2350. The molecule has 1 aromatic heterocycles. The minimum atomic E-state index is -2.29. The lowest BCUT2D eigenvalue weighted by Gasteiger charge is -2.63. The third-order valence-electron chi connectivity index (χ3n) is 15.1. The number of fused-ring (bicyclic) bond motifs is 6. The van der Waals surface area contributed by atoms with Crippen molar-refractivity contribution >= 4 is 40.6 Å². The normalized spacial score (nSPS) is 34.1. The average molecular weight is 805 g/mol. The van der Waals surface area contributed by atoms with Crippen molar-refractivity contribution in [2.24, 2.45) is 11.3 Å². The summed E-state index contributed by atoms with van der Waals surface area (Å²) >= 11 is 0. The summed E-state index contributed by atoms with van der Waals surface area (Å²) in [4.78, 5) is 53.3. The number of hydrogen-bond acceptors (Lipinski definition) is 11. The van der Waals surface area contributed by atoms with Crippen molar-refractivity contribution in [1.29, 1.82) is 0 Å². The van der Waals surface area contributed by atoms with Crippen LogP contribution in [0.2, 0.25) is 0 Å². The fourth-order valence-corrected chi connectivity index (χ4v) is 13.0. The van der Waals surface area contributed by atoms with Gasteiger partial charge in [0.2, 0.25) is 5.60 Å². The maximum Gasteiger partial charge on any atom is 0.344 e. The molecule has 1 spiro atoms. The zero-order chi connectivity index (χ0) is 41.8. The van der Waals surface area contributed by atoms with E-state index in [1.165, 1.54) is 26.7 Å². The highest BCUT2D eigenvalue weighted by Gasteiger charge is 2.80. The van der Waals surface area contributed by atoms with E-state index in [1.807, 2.05) is 37.1 Å². The molecule has 1 saturated heterocycles. The van der Waals surface area contributed by atoms with Crippen molar-refractivity contribution in [2.45, 2.75) is 87.6 Å². The summed E-state index contributed by atoms with van der Waals surface area (Å²) in [5, 5.41) is 14.3. The number of rotatable bonds is 8. The van der Waals surface area contributed by atoms with Gasteiger partial charge in [0, 0.05) is 90.9 Å². The Morgan fingerprint density at radius 3 is 2.49 bits per heavy atom. The van der Waals surface area contributed by atoms with Crippen LogP contribution in [0.1, 0.15) is 74.4 Å². The number of methoxy groups -OCH3 is 3. The molecule has 1 aliphatic carbocycles. The Morgan fingerprint density at radius 2 is 1.81 bits per heavy atom. The molecule has 2 aromatic carbocycles. The van der Waals surface area contributed by atoms with Gasteiger partial charge in [-0.1, -0.05) is 56.4 Å². The number of benzene rings is 2. The second-order valence-electron chi connectivity index (χ2n) is 17.6. The van der Waals surface area contributed by atoms with Gasteiger partial charge in [-0.3, -0.25) is 19.4 Å². The van der Waals surface area contributed by atoms with Gasteiger partial charge >= 0.3 is 17.9 Å². The largest absolute Gasteiger partial charge is 0.496 e. The Balaban J connectivity index is 1.38. The SMILES string of the molecule is C=Cc1ccc2[nH]c3c(c2c1)CN1CC(CC)=C[C@@H](C1)C[C@]3(C(=O)OC)c1cc2c(cc1OC)N(C)[C@H]1[C@@](O)(C(=O)OC)[C@H](OC(C)=O)[C@]3(CC)C=CCN4CC[C@]21[C@@H]43. The second kappa shape index (κ2) is 13.8. The first-order chi connectivity index (χ1) is 28.3. The van der Waals surface area contributed by atoms with E-state index in [1.54, 1.807) is 7.11 Å². The molecule has 9 atom stereocenters. The summed E-state index contributed by atoms with van der Waals surface area (Å²) in [6.45, 7) is 13.2. The van der Waals surface area contributed by atoms with E-state index < -0.39 is 51.9 Å². The lowest BCUT2D eigenvalue weighted by Crippen LogP contribution is -2.81. The molecule has 59 heavy (non-hydrogen) atoms. The van der Waals surface area contributed by atoms with Crippen LogP contribution in [-0.4, -0.2) is 116 Å². The smallest absolute Gasteiger partial charge is 0.344 e. The van der Waals surface area contributed by atoms with Crippen molar-refractivity contribution in [3.63, 3.8) is 0 Å². The van der Waals surface area contributed by atoms with Crippen LogP contribution in [0.4, 0.5) is 5.69 Å². The molecule has 9 rings (SSSR count). The number of aromatic nitrogens is 1. The van der Waals surface area contributed by atoms with Gasteiger partial charge in [0.15, 0.2) is 6.10 Å². The van der Waals surface area contributed by atoms with Gasteiger partial charge in [-0.15, -0.1) is 0 Å². The summed E-state index contributed by atoms with van der Waals surface area (Å²) in [6, 6.07) is 9.12. The van der Waals surface area contributed by atoms with E-state index in [9.17, 15) is 14.7 Å². The van der Waals surface area contributed by atoms with Crippen LogP contribution < -0.4 is 9.64 Å². The zero-order valence-corrected chi connectivity index (χ0v) is 35.2. The van der Waals surface area contributed by atoms with Crippen molar-refractivity contribution < 1.29 is 38.4 Å². The molecule has 0 amide bonds. The Labute approximate surface area is 345 Å². The molecule has 0 radical (unpaired) electrons. The quantitative estimate of drug-likeness (QED) is 0.173. The van der Waals surface area contributed by atoms with Crippen molar-refractivity contribution in [2.75, 3.05) is 59.5 Å². The maximum atomic E-state index is 15.3. The van der Waals surface area contributed by atoms with Crippen LogP contribution in [0, 0.1) is 11.3 Å². The maximum absolute atomic E-state index is 15.3. The van der Waals surface area contributed by atoms with Crippen LogP contribution in [0.25, 0.3) is 17.0 Å². The van der Waals surface area contributed by atoms with E-state index in [0.29, 0.717) is 50.2 Å². The van der Waals surface area contributed by atoms with Gasteiger partial charge in [0.25, 0.3) is 0 Å². The number of aromatic amines is 1. The van der Waals surface area contributed by atoms with E-state index in [0.717, 1.165) is 58.5 Å². The molecule has 312 valence electrons. The number of nitrogens with one attached hydrogen (secondary N) is 1. The van der Waals surface area contributed by atoms with Crippen molar-refractivity contribution in [1.82, 2.24) is 14.8 Å². The molecule has 2 bridgehead atoms. The van der Waals surface area contributed by atoms with Crippen LogP contribution in [0.3, 0.4) is 0 Å². The number of aliphatic hydroxyl groups is 1. The molecule has 3 aromatic rings. The third-order valence-corrected chi connectivity index (χ3v) is 15.1. The predicted octanol–water partition coefficient (Wildman–Crippen LogP) is 5.40. The summed E-state index contributed by atoms with van der Waals surface area (Å²) in [7, 11) is 6.21. The van der Waals surface area contributed by atoms with Crippen LogP contribution in [-0.2, 0) is 46.0 Å². The number of anilines is 1. The molecule has 1 unspecified atom stereocenters. The van der Waals surface area contributed by atoms with E-state index in [-0.39, 0.29) is 12.0 Å². The number of ether oxygens (including phenoxy) is 4. The number of hydrogen-bond donors (Lipinski definition) is 2. The average Bonchev–Trinajstić information content (AvgIpc) is 3.89. The van der Waals surface area contributed by atoms with Gasteiger partial charge in [0.1, 0.15) is 11.2 Å². The van der Waals surface area contributed by atoms with Gasteiger partial charge in [-0.25, -0.2) is 4.79 Å². The highest BCUT2D eigenvalue weighted by molar-refractivity contribution is 5.95. The fraction of sp³-hybridized carbons (Fsp3) is 0.511. The molecule has 5 aliphatic heterocycles. The van der Waals surface area contributed by atoms with Crippen molar-refractivity contribution in [3.8, 4) is 5.75 Å². The molecule has 2 fully saturated rings. The highest BCUT2D eigenvalue weighted by atomic mass is 16.6. The molecular formula is C47H56N4O8. The second-order valence-corrected chi connectivity index (χ2v) is 17.6. The molecular weight excluding hydrogens is 749 g/mol. The first-order valence-corrected chi connectivity index (χ1v) is 21.0. The van der Waals surface area contributed by atoms with Crippen LogP contribution >= 0.6 is 0 Å². The van der Waals surface area contributed by atoms with E-state index >= 15 is 4.79 Å². The Morgan fingerprint density at radius 1 is 1.03 bits per heavy atom. The molecule has 6 heterocycles. The minimum Gasteiger partial charge on any atom is -0.496 e. The lowest BCUT2D eigenvalue weighted by atomic mass is 9.47. The number of nitrogens with zero attached hydrogens (tertiary/aromatic N) is 3. The van der Waals surface area contributed by atoms with Gasteiger partial charge < -0.3 is 33.9 Å². The number of likely N-dealkylation sites (N-methyl/N-ethyl adjacent to an activating group) is 1. The summed E-state index contributed by atoms with van der Waals surface area (Å²) in [5.74, 6) is -1.37. The molecule has 6 aliphatic rings. The standard InChI is InChI=1S/C47H56N4O8/c1-9-28-13-14-35-31(20-28)32-26-50-24-29(10-2)19-30(25-50)23-46(38(32)48-35,42(53)57-7)34-21-33-36(22-37(34)56-6)49(5)40-45(33)16-18-51-17-12-15-44(11-3,39(45)51)41(59-27(4)52)47(40,55)43(54)58-8/h9,12-15,19-22,30,39-41,48,55H,1,10-11,16-18,23-26H2,2-8H3/t30-,39+,40-,41-,44-,45-,46+,47+/m1/s1. The van der Waals surface area contributed by atoms with Crippen LogP contribution in [0.15, 0.2) is 60.7 Å². The molecule has 2 N–H and O–H groups in total. The number of carbonyl (C=O) groups excluding carboxylic acids is 3. The topological polar surface area (TPSA) is 134 Å². The lowest BCUT2D eigenvalue weighted by molar-refractivity contribution is -0.228. The monoisotopic (exact) mass is 804 g/mol. The van der Waals surface area contributed by atoms with E-state index in [4.69, 9.17) is 18.9 Å². The first kappa shape index (κ1) is 39.5. The van der Waals surface area contributed by atoms with Gasteiger partial charge in [-0.2, -0.15) is 0 Å². The number of esters is 3. The zero-order valence-electron chi connectivity index (χ0n) is 35.2. The summed E-state index contributed by atoms with van der Waals surface area (Å²) in [5.41, 5.74) is 1.83.